The molecule has 0 aliphatic carbocycles. The van der Waals surface area contributed by atoms with Crippen molar-refractivity contribution in [3.05, 3.63) is 30.3 Å². The second-order valence-electron chi connectivity index (χ2n) is 6.16. The van der Waals surface area contributed by atoms with E-state index in [0.717, 1.165) is 19.5 Å². The van der Waals surface area contributed by atoms with Crippen LogP contribution < -0.4 is 16.4 Å². The SMILES string of the molecule is CC1(CN)CCN(CCC(=O)NC(=O)Nc2ccccc2)C1.Cl. The summed E-state index contributed by atoms with van der Waals surface area (Å²) in [5, 5.41) is 4.97. The Morgan fingerprint density at radius 3 is 2.61 bits per heavy atom. The van der Waals surface area contributed by atoms with Gasteiger partial charge >= 0.3 is 6.03 Å². The summed E-state index contributed by atoms with van der Waals surface area (Å²) in [6.07, 6.45) is 1.36. The van der Waals surface area contributed by atoms with Gasteiger partial charge in [-0.1, -0.05) is 25.1 Å². The summed E-state index contributed by atoms with van der Waals surface area (Å²) in [6, 6.07) is 8.53. The number of nitrogens with two attached hydrogens (primary N) is 1. The first-order chi connectivity index (χ1) is 10.5. The predicted molar refractivity (Wildman–Crippen MR) is 93.7 cm³/mol. The minimum absolute atomic E-state index is 0. The van der Waals surface area contributed by atoms with Gasteiger partial charge in [0, 0.05) is 25.2 Å². The maximum atomic E-state index is 11.8. The van der Waals surface area contributed by atoms with Gasteiger partial charge in [0.25, 0.3) is 0 Å². The quantitative estimate of drug-likeness (QED) is 0.763. The number of imide groups is 1. The van der Waals surface area contributed by atoms with Crippen LogP contribution in [0.3, 0.4) is 0 Å². The molecule has 4 N–H and O–H groups in total. The molecule has 2 rings (SSSR count). The van der Waals surface area contributed by atoms with Crippen LogP contribution >= 0.6 is 12.4 Å². The third kappa shape index (κ3) is 6.17. The normalized spacial score (nSPS) is 20.6. The molecule has 0 bridgehead atoms. The predicted octanol–water partition coefficient (Wildman–Crippen LogP) is 1.82. The lowest BCUT2D eigenvalue weighted by Crippen LogP contribution is -2.37. The first kappa shape index (κ1) is 19.4. The molecule has 1 heterocycles. The van der Waals surface area contributed by atoms with Crippen LogP contribution in [0.15, 0.2) is 30.3 Å². The molecular formula is C16H25ClN4O2. The van der Waals surface area contributed by atoms with E-state index in [0.29, 0.717) is 25.2 Å². The van der Waals surface area contributed by atoms with E-state index in [1.807, 2.05) is 18.2 Å². The number of urea groups is 1. The molecule has 0 aromatic heterocycles. The zero-order chi connectivity index (χ0) is 16.0. The lowest BCUT2D eigenvalue weighted by molar-refractivity contribution is -0.120. The van der Waals surface area contributed by atoms with Crippen LogP contribution in [0.1, 0.15) is 19.8 Å². The fraction of sp³-hybridized carbons (Fsp3) is 0.500. The van der Waals surface area contributed by atoms with Crippen LogP contribution in [0.2, 0.25) is 0 Å². The number of amides is 3. The van der Waals surface area contributed by atoms with E-state index >= 15 is 0 Å². The molecule has 1 aromatic rings. The Morgan fingerprint density at radius 2 is 2.00 bits per heavy atom. The monoisotopic (exact) mass is 340 g/mol. The minimum Gasteiger partial charge on any atom is -0.330 e. The largest absolute Gasteiger partial charge is 0.330 e. The van der Waals surface area contributed by atoms with Crippen LogP contribution in [-0.2, 0) is 4.79 Å². The highest BCUT2D eigenvalue weighted by atomic mass is 35.5. The van der Waals surface area contributed by atoms with Crippen LogP contribution in [0.25, 0.3) is 0 Å². The Labute approximate surface area is 143 Å². The van der Waals surface area contributed by atoms with Gasteiger partial charge in [-0.3, -0.25) is 10.1 Å². The Morgan fingerprint density at radius 1 is 1.30 bits per heavy atom. The van der Waals surface area contributed by atoms with E-state index in [-0.39, 0.29) is 23.7 Å². The highest BCUT2D eigenvalue weighted by Gasteiger charge is 2.32. The van der Waals surface area contributed by atoms with E-state index in [2.05, 4.69) is 22.5 Å². The van der Waals surface area contributed by atoms with Gasteiger partial charge in [0.1, 0.15) is 0 Å². The van der Waals surface area contributed by atoms with E-state index in [4.69, 9.17) is 5.73 Å². The maximum absolute atomic E-state index is 11.8. The number of benzene rings is 1. The zero-order valence-electron chi connectivity index (χ0n) is 13.4. The molecular weight excluding hydrogens is 316 g/mol. The maximum Gasteiger partial charge on any atom is 0.325 e. The molecule has 23 heavy (non-hydrogen) atoms. The van der Waals surface area contributed by atoms with Crippen molar-refractivity contribution in [2.75, 3.05) is 31.5 Å². The summed E-state index contributed by atoms with van der Waals surface area (Å²) < 4.78 is 0. The lowest BCUT2D eigenvalue weighted by Gasteiger charge is -2.22. The van der Waals surface area contributed by atoms with Crippen molar-refractivity contribution >= 4 is 30.0 Å². The number of likely N-dealkylation sites (tertiary alicyclic amines) is 1. The first-order valence-electron chi connectivity index (χ1n) is 7.59. The average Bonchev–Trinajstić information content (AvgIpc) is 2.88. The molecule has 0 radical (unpaired) electrons. The molecule has 1 aliphatic heterocycles. The van der Waals surface area contributed by atoms with Gasteiger partial charge in [-0.15, -0.1) is 12.4 Å². The van der Waals surface area contributed by atoms with E-state index in [1.165, 1.54) is 0 Å². The van der Waals surface area contributed by atoms with Gasteiger partial charge in [-0.05, 0) is 37.1 Å². The third-order valence-corrected chi connectivity index (χ3v) is 4.07. The average molecular weight is 341 g/mol. The van der Waals surface area contributed by atoms with Crippen LogP contribution in [0.5, 0.6) is 0 Å². The summed E-state index contributed by atoms with van der Waals surface area (Å²) in [4.78, 5) is 25.7. The van der Waals surface area contributed by atoms with E-state index in [1.54, 1.807) is 12.1 Å². The second-order valence-corrected chi connectivity index (χ2v) is 6.16. The summed E-state index contributed by atoms with van der Waals surface area (Å²) in [5.74, 6) is -0.269. The Kier molecular flexibility index (Phi) is 7.48. The standard InChI is InChI=1S/C16H24N4O2.ClH/c1-16(11-17)8-10-20(12-16)9-7-14(21)19-15(22)18-13-5-3-2-4-6-13;/h2-6H,7-12,17H2,1H3,(H2,18,19,21,22);1H. The molecule has 0 saturated carbocycles. The molecule has 1 aliphatic rings. The number of nitrogens with zero attached hydrogens (tertiary/aromatic N) is 1. The molecule has 6 nitrogen and oxygen atoms in total. The zero-order valence-corrected chi connectivity index (χ0v) is 14.2. The molecule has 3 amide bonds. The van der Waals surface area contributed by atoms with Crippen molar-refractivity contribution in [3.8, 4) is 0 Å². The second kappa shape index (κ2) is 8.86. The number of carbonyl (C=O) groups excluding carboxylic acids is 2. The molecule has 128 valence electrons. The molecule has 1 fully saturated rings. The molecule has 1 atom stereocenters. The summed E-state index contributed by atoms with van der Waals surface area (Å²) >= 11 is 0. The number of hydrogen-bond donors (Lipinski definition) is 3. The first-order valence-corrected chi connectivity index (χ1v) is 7.59. The highest BCUT2D eigenvalue weighted by Crippen LogP contribution is 2.28. The number of para-hydroxylation sites is 1. The lowest BCUT2D eigenvalue weighted by atomic mass is 9.90. The molecule has 1 saturated heterocycles. The number of carbonyl (C=O) groups is 2. The Hall–Kier alpha value is -1.63. The van der Waals surface area contributed by atoms with Crippen molar-refractivity contribution in [2.24, 2.45) is 11.1 Å². The highest BCUT2D eigenvalue weighted by molar-refractivity contribution is 6.01. The van der Waals surface area contributed by atoms with Gasteiger partial charge in [0.05, 0.1) is 0 Å². The van der Waals surface area contributed by atoms with E-state index < -0.39 is 6.03 Å². The van der Waals surface area contributed by atoms with Crippen LogP contribution in [0, 0.1) is 5.41 Å². The third-order valence-electron chi connectivity index (χ3n) is 4.07. The number of hydrogen-bond acceptors (Lipinski definition) is 4. The van der Waals surface area contributed by atoms with Gasteiger partial charge < -0.3 is 16.0 Å². The number of anilines is 1. The van der Waals surface area contributed by atoms with Crippen LogP contribution in [-0.4, -0.2) is 43.0 Å². The fourth-order valence-electron chi connectivity index (χ4n) is 2.62. The van der Waals surface area contributed by atoms with E-state index in [9.17, 15) is 9.59 Å². The summed E-state index contributed by atoms with van der Waals surface area (Å²) in [5.41, 5.74) is 6.58. The molecule has 1 unspecified atom stereocenters. The number of rotatable bonds is 5. The number of halogens is 1. The Balaban J connectivity index is 0.00000264. The van der Waals surface area contributed by atoms with Crippen molar-refractivity contribution in [2.45, 2.75) is 19.8 Å². The smallest absolute Gasteiger partial charge is 0.325 e. The van der Waals surface area contributed by atoms with Gasteiger partial charge in [-0.2, -0.15) is 0 Å². The minimum atomic E-state index is -0.496. The van der Waals surface area contributed by atoms with Crippen molar-refractivity contribution in [1.82, 2.24) is 10.2 Å². The van der Waals surface area contributed by atoms with Gasteiger partial charge in [0.2, 0.25) is 5.91 Å². The molecule has 1 aromatic carbocycles. The van der Waals surface area contributed by atoms with Crippen molar-refractivity contribution in [3.63, 3.8) is 0 Å². The fourth-order valence-corrected chi connectivity index (χ4v) is 2.62. The number of nitrogens with one attached hydrogen (secondary N) is 2. The van der Waals surface area contributed by atoms with Crippen LogP contribution in [0.4, 0.5) is 10.5 Å². The van der Waals surface area contributed by atoms with Gasteiger partial charge in [-0.25, -0.2) is 4.79 Å². The topological polar surface area (TPSA) is 87.5 Å². The summed E-state index contributed by atoms with van der Waals surface area (Å²) in [6.45, 7) is 5.35. The molecule has 7 heteroatoms. The Bertz CT molecular complexity index is 526. The summed E-state index contributed by atoms with van der Waals surface area (Å²) in [7, 11) is 0. The van der Waals surface area contributed by atoms with Crippen molar-refractivity contribution < 1.29 is 9.59 Å². The van der Waals surface area contributed by atoms with Gasteiger partial charge in [0.15, 0.2) is 0 Å². The molecule has 0 spiro atoms. The van der Waals surface area contributed by atoms with Crippen molar-refractivity contribution in [1.29, 1.82) is 0 Å².